The van der Waals surface area contributed by atoms with Crippen LogP contribution in [0.15, 0.2) is 36.9 Å². The highest BCUT2D eigenvalue weighted by Crippen LogP contribution is 2.20. The van der Waals surface area contributed by atoms with Crippen LogP contribution in [-0.2, 0) is 0 Å². The van der Waals surface area contributed by atoms with Gasteiger partial charge in [-0.2, -0.15) is 0 Å². The second-order valence-corrected chi connectivity index (χ2v) is 3.44. The fourth-order valence-electron chi connectivity index (χ4n) is 1.59. The Morgan fingerprint density at radius 2 is 2.21 bits per heavy atom. The average molecular weight is 190 g/mol. The van der Waals surface area contributed by atoms with E-state index in [1.165, 1.54) is 11.1 Å². The van der Waals surface area contributed by atoms with Gasteiger partial charge >= 0.3 is 0 Å². The van der Waals surface area contributed by atoms with Gasteiger partial charge in [0.05, 0.1) is 0 Å². The number of rotatable bonds is 5. The molecule has 0 aliphatic carbocycles. The van der Waals surface area contributed by atoms with Crippen molar-refractivity contribution in [3.8, 4) is 0 Å². The lowest BCUT2D eigenvalue weighted by Crippen LogP contribution is -2.28. The Bertz CT molecular complexity index is 294. The molecule has 0 spiro atoms. The molecule has 0 amide bonds. The van der Waals surface area contributed by atoms with Crippen molar-refractivity contribution in [1.82, 2.24) is 5.43 Å². The van der Waals surface area contributed by atoms with E-state index in [4.69, 9.17) is 5.84 Å². The summed E-state index contributed by atoms with van der Waals surface area (Å²) < 4.78 is 0. The van der Waals surface area contributed by atoms with Crippen LogP contribution in [0.25, 0.3) is 0 Å². The topological polar surface area (TPSA) is 38.0 Å². The van der Waals surface area contributed by atoms with Crippen LogP contribution in [0.1, 0.15) is 30.0 Å². The second kappa shape index (κ2) is 5.58. The van der Waals surface area contributed by atoms with Crippen molar-refractivity contribution in [2.45, 2.75) is 25.8 Å². The number of aryl methyl sites for hydroxylation is 1. The van der Waals surface area contributed by atoms with Crippen LogP contribution in [-0.4, -0.2) is 0 Å². The molecular formula is C12H18N2. The molecule has 0 aliphatic rings. The molecule has 14 heavy (non-hydrogen) atoms. The molecule has 1 aromatic carbocycles. The molecule has 1 unspecified atom stereocenters. The molecule has 0 saturated heterocycles. The van der Waals surface area contributed by atoms with Gasteiger partial charge in [0.2, 0.25) is 0 Å². The fraction of sp³-hybridized carbons (Fsp3) is 0.333. The Morgan fingerprint density at radius 1 is 1.50 bits per heavy atom. The summed E-state index contributed by atoms with van der Waals surface area (Å²) in [5.74, 6) is 5.53. The summed E-state index contributed by atoms with van der Waals surface area (Å²) in [5, 5.41) is 0. The minimum Gasteiger partial charge on any atom is -0.271 e. The number of hydrogen-bond donors (Lipinski definition) is 2. The van der Waals surface area contributed by atoms with E-state index in [0.29, 0.717) is 0 Å². The summed E-state index contributed by atoms with van der Waals surface area (Å²) in [7, 11) is 0. The van der Waals surface area contributed by atoms with Crippen LogP contribution in [0.2, 0.25) is 0 Å². The van der Waals surface area contributed by atoms with E-state index in [-0.39, 0.29) is 6.04 Å². The third-order valence-corrected chi connectivity index (χ3v) is 2.42. The SMILES string of the molecule is C=CCCC(NN)c1ccccc1C. The predicted molar refractivity (Wildman–Crippen MR) is 60.7 cm³/mol. The summed E-state index contributed by atoms with van der Waals surface area (Å²) in [6, 6.07) is 8.53. The van der Waals surface area contributed by atoms with E-state index in [1.54, 1.807) is 0 Å². The summed E-state index contributed by atoms with van der Waals surface area (Å²) in [5.41, 5.74) is 5.40. The van der Waals surface area contributed by atoms with Crippen LogP contribution < -0.4 is 11.3 Å². The highest BCUT2D eigenvalue weighted by atomic mass is 15.2. The minimum absolute atomic E-state index is 0.231. The van der Waals surface area contributed by atoms with Crippen LogP contribution in [0.4, 0.5) is 0 Å². The van der Waals surface area contributed by atoms with Gasteiger partial charge in [-0.15, -0.1) is 6.58 Å². The molecule has 2 nitrogen and oxygen atoms in total. The maximum atomic E-state index is 5.53. The second-order valence-electron chi connectivity index (χ2n) is 3.44. The van der Waals surface area contributed by atoms with Crippen LogP contribution in [0.5, 0.6) is 0 Å². The van der Waals surface area contributed by atoms with Crippen molar-refractivity contribution in [2.24, 2.45) is 5.84 Å². The van der Waals surface area contributed by atoms with Crippen molar-refractivity contribution >= 4 is 0 Å². The number of allylic oxidation sites excluding steroid dienone is 1. The third-order valence-electron chi connectivity index (χ3n) is 2.42. The average Bonchev–Trinajstić information content (AvgIpc) is 2.21. The van der Waals surface area contributed by atoms with Crippen molar-refractivity contribution in [3.05, 3.63) is 48.0 Å². The smallest absolute Gasteiger partial charge is 0.0465 e. The summed E-state index contributed by atoms with van der Waals surface area (Å²) in [6.07, 6.45) is 3.89. The van der Waals surface area contributed by atoms with Gasteiger partial charge in [0.15, 0.2) is 0 Å². The number of hydrogen-bond acceptors (Lipinski definition) is 2. The van der Waals surface area contributed by atoms with Crippen LogP contribution in [0.3, 0.4) is 0 Å². The zero-order valence-corrected chi connectivity index (χ0v) is 8.66. The fourth-order valence-corrected chi connectivity index (χ4v) is 1.59. The van der Waals surface area contributed by atoms with E-state index >= 15 is 0 Å². The van der Waals surface area contributed by atoms with Crippen molar-refractivity contribution in [2.75, 3.05) is 0 Å². The van der Waals surface area contributed by atoms with Crippen LogP contribution in [0, 0.1) is 6.92 Å². The van der Waals surface area contributed by atoms with E-state index in [1.807, 2.05) is 18.2 Å². The Hall–Kier alpha value is -1.12. The molecule has 76 valence electrons. The number of nitrogens with two attached hydrogens (primary N) is 1. The molecule has 0 saturated carbocycles. The van der Waals surface area contributed by atoms with Crippen molar-refractivity contribution < 1.29 is 0 Å². The van der Waals surface area contributed by atoms with E-state index < -0.39 is 0 Å². The van der Waals surface area contributed by atoms with Crippen LogP contribution >= 0.6 is 0 Å². The van der Waals surface area contributed by atoms with Gasteiger partial charge in [-0.05, 0) is 30.9 Å². The maximum Gasteiger partial charge on any atom is 0.0465 e. The van der Waals surface area contributed by atoms with Gasteiger partial charge in [0, 0.05) is 6.04 Å². The van der Waals surface area contributed by atoms with Gasteiger partial charge in [0.1, 0.15) is 0 Å². The Labute approximate surface area is 85.8 Å². The Kier molecular flexibility index (Phi) is 4.36. The molecule has 0 aliphatic heterocycles. The minimum atomic E-state index is 0.231. The molecular weight excluding hydrogens is 172 g/mol. The monoisotopic (exact) mass is 190 g/mol. The lowest BCUT2D eigenvalue weighted by molar-refractivity contribution is 0.518. The molecule has 3 N–H and O–H groups in total. The van der Waals surface area contributed by atoms with Gasteiger partial charge in [-0.1, -0.05) is 30.3 Å². The van der Waals surface area contributed by atoms with Gasteiger partial charge < -0.3 is 0 Å². The first-order valence-electron chi connectivity index (χ1n) is 4.92. The lowest BCUT2D eigenvalue weighted by atomic mass is 9.98. The van der Waals surface area contributed by atoms with E-state index in [9.17, 15) is 0 Å². The Balaban J connectivity index is 2.78. The third kappa shape index (κ3) is 2.69. The summed E-state index contributed by atoms with van der Waals surface area (Å²) in [6.45, 7) is 5.82. The molecule has 1 atom stereocenters. The van der Waals surface area contributed by atoms with Crippen molar-refractivity contribution in [3.63, 3.8) is 0 Å². The van der Waals surface area contributed by atoms with Crippen molar-refractivity contribution in [1.29, 1.82) is 0 Å². The molecule has 0 fully saturated rings. The van der Waals surface area contributed by atoms with Gasteiger partial charge in [-0.3, -0.25) is 11.3 Å². The van der Waals surface area contributed by atoms with E-state index in [0.717, 1.165) is 12.8 Å². The first-order valence-corrected chi connectivity index (χ1v) is 4.92. The summed E-state index contributed by atoms with van der Waals surface area (Å²) in [4.78, 5) is 0. The molecule has 0 aromatic heterocycles. The molecule has 2 heteroatoms. The maximum absolute atomic E-state index is 5.53. The summed E-state index contributed by atoms with van der Waals surface area (Å²) >= 11 is 0. The Morgan fingerprint density at radius 3 is 2.79 bits per heavy atom. The van der Waals surface area contributed by atoms with Gasteiger partial charge in [0.25, 0.3) is 0 Å². The predicted octanol–water partition coefficient (Wildman–Crippen LogP) is 2.47. The number of hydrazine groups is 1. The standard InChI is InChI=1S/C12H18N2/c1-3-4-9-12(14-13)11-8-6-5-7-10(11)2/h3,5-8,12,14H,1,4,9,13H2,2H3. The normalized spacial score (nSPS) is 12.4. The van der Waals surface area contributed by atoms with E-state index in [2.05, 4.69) is 31.1 Å². The largest absolute Gasteiger partial charge is 0.271 e. The molecule has 0 heterocycles. The number of nitrogens with one attached hydrogen (secondary N) is 1. The highest BCUT2D eigenvalue weighted by molar-refractivity contribution is 5.28. The quantitative estimate of drug-likeness (QED) is 0.425. The zero-order chi connectivity index (χ0) is 10.4. The number of benzene rings is 1. The molecule has 0 radical (unpaired) electrons. The zero-order valence-electron chi connectivity index (χ0n) is 8.66. The molecule has 0 bridgehead atoms. The lowest BCUT2D eigenvalue weighted by Gasteiger charge is -2.17. The first-order chi connectivity index (χ1) is 6.79. The molecule has 1 aromatic rings. The molecule has 1 rings (SSSR count). The van der Waals surface area contributed by atoms with Gasteiger partial charge in [-0.25, -0.2) is 0 Å². The highest BCUT2D eigenvalue weighted by Gasteiger charge is 2.09. The first kappa shape index (κ1) is 11.0.